The predicted octanol–water partition coefficient (Wildman–Crippen LogP) is 6.31. The number of benzene rings is 3. The Morgan fingerprint density at radius 2 is 1.60 bits per heavy atom. The number of aromatic carboxylic acids is 1. The van der Waals surface area contributed by atoms with Gasteiger partial charge in [0, 0.05) is 25.2 Å². The van der Waals surface area contributed by atoms with E-state index in [1.54, 1.807) is 37.4 Å². The molecule has 40 heavy (non-hydrogen) atoms. The highest BCUT2D eigenvalue weighted by Crippen LogP contribution is 2.32. The minimum Gasteiger partial charge on any atom is -0.490 e. The van der Waals surface area contributed by atoms with Crippen molar-refractivity contribution in [1.82, 2.24) is 4.98 Å². The number of amides is 1. The quantitative estimate of drug-likeness (QED) is 0.195. The first-order valence-electron chi connectivity index (χ1n) is 12.6. The molecule has 4 rings (SSSR count). The maximum absolute atomic E-state index is 13.2. The number of hydrogen-bond donors (Lipinski definition) is 2. The van der Waals surface area contributed by atoms with Crippen LogP contribution in [0.1, 0.15) is 40.1 Å². The monoisotopic (exact) mass is 562 g/mol. The lowest BCUT2D eigenvalue weighted by molar-refractivity contribution is 0.0696. The van der Waals surface area contributed by atoms with E-state index in [9.17, 15) is 14.7 Å². The molecule has 4 aromatic rings. The molecule has 1 amide bonds. The highest BCUT2D eigenvalue weighted by molar-refractivity contribution is 7.17. The van der Waals surface area contributed by atoms with Gasteiger partial charge >= 0.3 is 5.97 Å². The molecule has 0 aliphatic heterocycles. The second-order valence-corrected chi connectivity index (χ2v) is 10.1. The normalized spacial score (nSPS) is 12.3. The van der Waals surface area contributed by atoms with Gasteiger partial charge in [-0.2, -0.15) is 0 Å². The number of carboxylic acids is 1. The minimum absolute atomic E-state index is 0.105. The molecule has 2 atom stereocenters. The molecule has 0 aliphatic rings. The van der Waals surface area contributed by atoms with Crippen molar-refractivity contribution >= 4 is 28.3 Å². The number of nitrogens with zero attached hydrogens (tertiary/aromatic N) is 1. The van der Waals surface area contributed by atoms with Crippen LogP contribution in [-0.2, 0) is 11.2 Å². The van der Waals surface area contributed by atoms with Gasteiger partial charge in [0.15, 0.2) is 5.13 Å². The zero-order valence-corrected chi connectivity index (χ0v) is 23.1. The van der Waals surface area contributed by atoms with Gasteiger partial charge in [-0.05, 0) is 49.7 Å². The van der Waals surface area contributed by atoms with Gasteiger partial charge in [-0.15, -0.1) is 0 Å². The Kier molecular flexibility index (Phi) is 9.71. The van der Waals surface area contributed by atoms with Crippen molar-refractivity contribution in [2.75, 3.05) is 19.0 Å². The van der Waals surface area contributed by atoms with Crippen LogP contribution in [0, 0.1) is 0 Å². The Bertz CT molecular complexity index is 1440. The van der Waals surface area contributed by atoms with E-state index in [1.165, 1.54) is 18.3 Å². The summed E-state index contributed by atoms with van der Waals surface area (Å²) in [4.78, 5) is 28.6. The van der Waals surface area contributed by atoms with Gasteiger partial charge in [0.1, 0.15) is 23.4 Å². The lowest BCUT2D eigenvalue weighted by Crippen LogP contribution is -2.19. The molecule has 0 saturated heterocycles. The fraction of sp³-hybridized carbons (Fsp3) is 0.233. The van der Waals surface area contributed by atoms with E-state index in [1.807, 2.05) is 44.2 Å². The predicted molar refractivity (Wildman–Crippen MR) is 152 cm³/mol. The number of nitrogens with one attached hydrogen (secondary N) is 1. The van der Waals surface area contributed by atoms with Crippen LogP contribution in [-0.4, -0.2) is 47.9 Å². The molecule has 0 fully saturated rings. The van der Waals surface area contributed by atoms with Crippen LogP contribution in [0.4, 0.5) is 5.13 Å². The van der Waals surface area contributed by atoms with Crippen LogP contribution in [0.2, 0.25) is 0 Å². The van der Waals surface area contributed by atoms with E-state index in [0.717, 1.165) is 16.9 Å². The topological polar surface area (TPSA) is 116 Å². The molecule has 9 nitrogen and oxygen atoms in total. The summed E-state index contributed by atoms with van der Waals surface area (Å²) in [6, 6.07) is 21.2. The van der Waals surface area contributed by atoms with Crippen molar-refractivity contribution in [1.29, 1.82) is 0 Å². The number of carbonyl (C=O) groups excluding carboxylic acids is 1. The number of carboxylic acid groups (broad SMARTS) is 1. The molecule has 0 saturated carbocycles. The van der Waals surface area contributed by atoms with Crippen molar-refractivity contribution in [3.8, 4) is 22.3 Å². The Hall–Kier alpha value is -4.41. The Morgan fingerprint density at radius 1 is 0.900 bits per heavy atom. The van der Waals surface area contributed by atoms with Crippen LogP contribution < -0.4 is 19.5 Å². The zero-order chi connectivity index (χ0) is 28.5. The fourth-order valence-electron chi connectivity index (χ4n) is 3.90. The molecule has 1 heterocycles. The van der Waals surface area contributed by atoms with Crippen molar-refractivity contribution in [3.63, 3.8) is 0 Å². The van der Waals surface area contributed by atoms with E-state index in [4.69, 9.17) is 18.9 Å². The molecule has 10 heteroatoms. The van der Waals surface area contributed by atoms with E-state index in [0.29, 0.717) is 46.0 Å². The molecule has 0 aliphatic carbocycles. The first-order chi connectivity index (χ1) is 19.3. The average molecular weight is 563 g/mol. The number of rotatable bonds is 13. The van der Waals surface area contributed by atoms with E-state index < -0.39 is 11.9 Å². The summed E-state index contributed by atoms with van der Waals surface area (Å²) in [6.07, 6.45) is 1.77. The fourth-order valence-corrected chi connectivity index (χ4v) is 4.59. The lowest BCUT2D eigenvalue weighted by Gasteiger charge is -2.19. The molecular weight excluding hydrogens is 532 g/mol. The summed E-state index contributed by atoms with van der Waals surface area (Å²) in [5.41, 5.74) is 1.58. The summed E-state index contributed by atoms with van der Waals surface area (Å²) >= 11 is 1.11. The van der Waals surface area contributed by atoms with Crippen LogP contribution in [0.3, 0.4) is 0 Å². The summed E-state index contributed by atoms with van der Waals surface area (Å²) < 4.78 is 23.0. The third kappa shape index (κ3) is 8.29. The van der Waals surface area contributed by atoms with Crippen LogP contribution in [0.25, 0.3) is 0 Å². The second kappa shape index (κ2) is 13.6. The summed E-state index contributed by atoms with van der Waals surface area (Å²) in [6.45, 7) is 4.23. The standard InChI is InChI=1S/C30H30N2O7S/c1-19(12-21-8-5-4-6-9-21)37-25-14-23(15-26(16-25)38-20(2)18-36-3)28(33)32-30-31-17-27(40-30)39-24-11-7-10-22(13-24)29(34)35/h4-11,13-17,19-20H,12,18H2,1-3H3,(H,34,35)(H,31,32,33)/t19-,20-/m0/s1. The molecule has 0 spiro atoms. The molecule has 0 bridgehead atoms. The largest absolute Gasteiger partial charge is 0.490 e. The Morgan fingerprint density at radius 3 is 2.30 bits per heavy atom. The summed E-state index contributed by atoms with van der Waals surface area (Å²) in [5.74, 6) is -0.136. The molecule has 0 unspecified atom stereocenters. The molecular formula is C30H30N2O7S. The third-order valence-electron chi connectivity index (χ3n) is 5.59. The molecule has 2 N–H and O–H groups in total. The van der Waals surface area contributed by atoms with Gasteiger partial charge < -0.3 is 24.1 Å². The first-order valence-corrected chi connectivity index (χ1v) is 13.4. The van der Waals surface area contributed by atoms with Crippen LogP contribution in [0.15, 0.2) is 79.0 Å². The molecule has 0 radical (unpaired) electrons. The van der Waals surface area contributed by atoms with E-state index in [2.05, 4.69) is 10.3 Å². The van der Waals surface area contributed by atoms with Crippen molar-refractivity contribution in [2.45, 2.75) is 32.5 Å². The average Bonchev–Trinajstić information content (AvgIpc) is 3.35. The highest BCUT2D eigenvalue weighted by Gasteiger charge is 2.16. The van der Waals surface area contributed by atoms with Gasteiger partial charge in [-0.3, -0.25) is 10.1 Å². The highest BCUT2D eigenvalue weighted by atomic mass is 32.1. The van der Waals surface area contributed by atoms with Gasteiger partial charge in [0.05, 0.1) is 24.5 Å². The number of methoxy groups -OCH3 is 1. The van der Waals surface area contributed by atoms with E-state index in [-0.39, 0.29) is 17.8 Å². The number of carbonyl (C=O) groups is 2. The minimum atomic E-state index is -1.05. The van der Waals surface area contributed by atoms with Crippen molar-refractivity contribution < 1.29 is 33.6 Å². The van der Waals surface area contributed by atoms with Crippen LogP contribution in [0.5, 0.6) is 22.3 Å². The molecule has 1 aromatic heterocycles. The first kappa shape index (κ1) is 28.6. The Balaban J connectivity index is 1.48. The zero-order valence-electron chi connectivity index (χ0n) is 22.3. The third-order valence-corrected chi connectivity index (χ3v) is 6.38. The maximum Gasteiger partial charge on any atom is 0.335 e. The molecule has 3 aromatic carbocycles. The number of hydrogen-bond acceptors (Lipinski definition) is 8. The van der Waals surface area contributed by atoms with Crippen molar-refractivity contribution in [3.05, 3.63) is 95.7 Å². The Labute approximate surface area is 236 Å². The second-order valence-electron chi connectivity index (χ2n) is 9.07. The number of anilines is 1. The van der Waals surface area contributed by atoms with Gasteiger partial charge in [0.2, 0.25) is 5.06 Å². The smallest absolute Gasteiger partial charge is 0.335 e. The van der Waals surface area contributed by atoms with Crippen molar-refractivity contribution in [2.24, 2.45) is 0 Å². The number of ether oxygens (including phenoxy) is 4. The molecule has 208 valence electrons. The number of aromatic nitrogens is 1. The van der Waals surface area contributed by atoms with E-state index >= 15 is 0 Å². The van der Waals surface area contributed by atoms with Gasteiger partial charge in [-0.25, -0.2) is 9.78 Å². The maximum atomic E-state index is 13.2. The van der Waals surface area contributed by atoms with Gasteiger partial charge in [0.25, 0.3) is 5.91 Å². The SMILES string of the molecule is COC[C@H](C)Oc1cc(O[C@@H](C)Cc2ccccc2)cc(C(=O)Nc2ncc(Oc3cccc(C(=O)O)c3)s2)c1. The lowest BCUT2D eigenvalue weighted by atomic mass is 10.1. The van der Waals surface area contributed by atoms with Gasteiger partial charge in [-0.1, -0.05) is 47.7 Å². The van der Waals surface area contributed by atoms with Crippen LogP contribution >= 0.6 is 11.3 Å². The summed E-state index contributed by atoms with van der Waals surface area (Å²) in [7, 11) is 1.60. The summed E-state index contributed by atoms with van der Waals surface area (Å²) in [5, 5.41) is 12.7. The number of thiazole rings is 1.